The molecule has 0 amide bonds. The first kappa shape index (κ1) is 11.9. The third-order valence-corrected chi connectivity index (χ3v) is 3.19. The van der Waals surface area contributed by atoms with E-state index in [-0.39, 0.29) is 12.1 Å². The molecule has 2 aromatic rings. The Morgan fingerprint density at radius 1 is 1.47 bits per heavy atom. The third-order valence-electron chi connectivity index (χ3n) is 3.19. The molecule has 0 radical (unpaired) electrons. The first-order valence-electron chi connectivity index (χ1n) is 6.32. The summed E-state index contributed by atoms with van der Waals surface area (Å²) in [4.78, 5) is 29.7. The fraction of sp³-hybridized carbons (Fsp3) is 0.500. The van der Waals surface area contributed by atoms with Crippen LogP contribution in [0, 0.1) is 0 Å². The first-order chi connectivity index (χ1) is 9.17. The second kappa shape index (κ2) is 4.49. The van der Waals surface area contributed by atoms with Gasteiger partial charge in [-0.3, -0.25) is 14.3 Å². The molecule has 0 unspecified atom stereocenters. The van der Waals surface area contributed by atoms with Gasteiger partial charge in [0.25, 0.3) is 5.56 Å². The van der Waals surface area contributed by atoms with Gasteiger partial charge in [-0.15, -0.1) is 0 Å². The van der Waals surface area contributed by atoms with Crippen LogP contribution in [0.4, 0.5) is 0 Å². The van der Waals surface area contributed by atoms with E-state index >= 15 is 0 Å². The Morgan fingerprint density at radius 2 is 2.26 bits per heavy atom. The van der Waals surface area contributed by atoms with Crippen molar-refractivity contribution in [2.75, 3.05) is 0 Å². The molecule has 1 saturated carbocycles. The highest BCUT2D eigenvalue weighted by atomic mass is 16.5. The van der Waals surface area contributed by atoms with E-state index in [9.17, 15) is 9.59 Å². The lowest BCUT2D eigenvalue weighted by Gasteiger charge is -2.03. The molecule has 100 valence electrons. The number of nitrogens with one attached hydrogen (secondary N) is 1. The maximum atomic E-state index is 11.7. The van der Waals surface area contributed by atoms with Crippen LogP contribution < -0.4 is 11.2 Å². The molecule has 0 aromatic carbocycles. The molecule has 3 rings (SSSR count). The van der Waals surface area contributed by atoms with Gasteiger partial charge in [0.15, 0.2) is 5.82 Å². The van der Waals surface area contributed by atoms with Gasteiger partial charge in [-0.25, -0.2) is 4.79 Å². The standard InChI is InChI=1S/C12H14N4O3/c1-2-7-5-16(12(18)14-10(7)17)6-9-13-11(19-15-9)8-3-4-8/h5,8H,2-4,6H2,1H3,(H,14,17,18). The summed E-state index contributed by atoms with van der Waals surface area (Å²) in [6.45, 7) is 2.07. The van der Waals surface area contributed by atoms with Gasteiger partial charge in [0.05, 0.1) is 6.54 Å². The van der Waals surface area contributed by atoms with E-state index in [2.05, 4.69) is 15.1 Å². The summed E-state index contributed by atoms with van der Waals surface area (Å²) in [5.41, 5.74) is -0.235. The van der Waals surface area contributed by atoms with E-state index in [1.807, 2.05) is 6.92 Å². The van der Waals surface area contributed by atoms with Crippen LogP contribution in [0.5, 0.6) is 0 Å². The number of H-pyrrole nitrogens is 1. The fourth-order valence-electron chi connectivity index (χ4n) is 1.90. The number of nitrogens with zero attached hydrogens (tertiary/aromatic N) is 3. The zero-order valence-corrected chi connectivity index (χ0v) is 10.5. The van der Waals surface area contributed by atoms with Gasteiger partial charge < -0.3 is 4.52 Å². The summed E-state index contributed by atoms with van der Waals surface area (Å²) in [7, 11) is 0. The second-order valence-corrected chi connectivity index (χ2v) is 4.72. The minimum absolute atomic E-state index is 0.207. The van der Waals surface area contributed by atoms with Crippen molar-refractivity contribution in [1.29, 1.82) is 0 Å². The average Bonchev–Trinajstić information content (AvgIpc) is 3.13. The molecule has 2 heterocycles. The molecule has 7 nitrogen and oxygen atoms in total. The largest absolute Gasteiger partial charge is 0.339 e. The molecule has 0 saturated heterocycles. The topological polar surface area (TPSA) is 93.8 Å². The van der Waals surface area contributed by atoms with Crippen molar-refractivity contribution in [1.82, 2.24) is 19.7 Å². The molecular weight excluding hydrogens is 248 g/mol. The predicted octanol–water partition coefficient (Wildman–Crippen LogP) is 0.408. The molecule has 0 bridgehead atoms. The Kier molecular flexibility index (Phi) is 2.81. The predicted molar refractivity (Wildman–Crippen MR) is 66.1 cm³/mol. The van der Waals surface area contributed by atoms with Crippen molar-refractivity contribution >= 4 is 0 Å². The van der Waals surface area contributed by atoms with Crippen molar-refractivity contribution in [3.8, 4) is 0 Å². The zero-order valence-electron chi connectivity index (χ0n) is 10.5. The van der Waals surface area contributed by atoms with Crippen molar-refractivity contribution < 1.29 is 4.52 Å². The average molecular weight is 262 g/mol. The summed E-state index contributed by atoms with van der Waals surface area (Å²) in [5, 5.41) is 3.85. The van der Waals surface area contributed by atoms with Crippen molar-refractivity contribution in [3.63, 3.8) is 0 Å². The summed E-state index contributed by atoms with van der Waals surface area (Å²) in [5.74, 6) is 1.49. The van der Waals surface area contributed by atoms with E-state index in [1.165, 1.54) is 4.57 Å². The van der Waals surface area contributed by atoms with Crippen molar-refractivity contribution in [2.45, 2.75) is 38.6 Å². The number of hydrogen-bond donors (Lipinski definition) is 1. The Morgan fingerprint density at radius 3 is 2.95 bits per heavy atom. The highest BCUT2D eigenvalue weighted by Crippen LogP contribution is 2.38. The number of aromatic nitrogens is 4. The highest BCUT2D eigenvalue weighted by Gasteiger charge is 2.29. The third kappa shape index (κ3) is 2.35. The molecule has 0 aliphatic heterocycles. The van der Waals surface area contributed by atoms with E-state index in [1.54, 1.807) is 6.20 Å². The van der Waals surface area contributed by atoms with Gasteiger partial charge in [-0.05, 0) is 19.3 Å². The van der Waals surface area contributed by atoms with Gasteiger partial charge in [0, 0.05) is 17.7 Å². The van der Waals surface area contributed by atoms with E-state index in [4.69, 9.17) is 4.52 Å². The maximum Gasteiger partial charge on any atom is 0.328 e. The van der Waals surface area contributed by atoms with Gasteiger partial charge in [-0.2, -0.15) is 4.98 Å². The van der Waals surface area contributed by atoms with Gasteiger partial charge >= 0.3 is 5.69 Å². The maximum absolute atomic E-state index is 11.7. The highest BCUT2D eigenvalue weighted by molar-refractivity contribution is 5.06. The lowest BCUT2D eigenvalue weighted by molar-refractivity contribution is 0.372. The SMILES string of the molecule is CCc1cn(Cc2noc(C3CC3)n2)c(=O)[nH]c1=O. The van der Waals surface area contributed by atoms with Crippen molar-refractivity contribution in [2.24, 2.45) is 0 Å². The van der Waals surface area contributed by atoms with Crippen LogP contribution in [0.3, 0.4) is 0 Å². The van der Waals surface area contributed by atoms with Crippen LogP contribution in [0.15, 0.2) is 20.3 Å². The zero-order chi connectivity index (χ0) is 13.4. The Balaban J connectivity index is 1.89. The summed E-state index contributed by atoms with van der Waals surface area (Å²) in [6, 6.07) is 0. The van der Waals surface area contributed by atoms with Crippen LogP contribution >= 0.6 is 0 Å². The number of aromatic amines is 1. The van der Waals surface area contributed by atoms with Crippen LogP contribution in [0.1, 0.15) is 43.0 Å². The van der Waals surface area contributed by atoms with E-state index in [0.717, 1.165) is 12.8 Å². The second-order valence-electron chi connectivity index (χ2n) is 4.72. The molecule has 2 aromatic heterocycles. The number of aryl methyl sites for hydroxylation is 1. The molecule has 1 aliphatic rings. The molecule has 0 atom stereocenters. The molecule has 1 aliphatic carbocycles. The van der Waals surface area contributed by atoms with Crippen LogP contribution in [-0.2, 0) is 13.0 Å². The molecule has 0 spiro atoms. The molecule has 19 heavy (non-hydrogen) atoms. The monoisotopic (exact) mass is 262 g/mol. The number of rotatable bonds is 4. The summed E-state index contributed by atoms with van der Waals surface area (Å²) in [6.07, 6.45) is 4.28. The minimum atomic E-state index is -0.458. The minimum Gasteiger partial charge on any atom is -0.339 e. The lowest BCUT2D eigenvalue weighted by atomic mass is 10.2. The molecule has 7 heteroatoms. The Bertz CT molecular complexity index is 708. The van der Waals surface area contributed by atoms with Crippen LogP contribution in [-0.4, -0.2) is 19.7 Å². The lowest BCUT2D eigenvalue weighted by Crippen LogP contribution is -2.32. The smallest absolute Gasteiger partial charge is 0.328 e. The van der Waals surface area contributed by atoms with Crippen molar-refractivity contribution in [3.05, 3.63) is 44.3 Å². The van der Waals surface area contributed by atoms with E-state index < -0.39 is 5.69 Å². The fourth-order valence-corrected chi connectivity index (χ4v) is 1.90. The van der Waals surface area contributed by atoms with Gasteiger partial charge in [0.2, 0.25) is 5.89 Å². The summed E-state index contributed by atoms with van der Waals surface area (Å²) < 4.78 is 6.52. The van der Waals surface area contributed by atoms with Crippen LogP contribution in [0.25, 0.3) is 0 Å². The van der Waals surface area contributed by atoms with E-state index in [0.29, 0.717) is 29.6 Å². The molecule has 1 N–H and O–H groups in total. The molecule has 1 fully saturated rings. The molecular formula is C12H14N4O3. The Hall–Kier alpha value is -2.18. The summed E-state index contributed by atoms with van der Waals surface area (Å²) >= 11 is 0. The number of hydrogen-bond acceptors (Lipinski definition) is 5. The van der Waals surface area contributed by atoms with Gasteiger partial charge in [0.1, 0.15) is 0 Å². The Labute approximate surface area is 108 Å². The normalized spacial score (nSPS) is 14.8. The quantitative estimate of drug-likeness (QED) is 0.861. The van der Waals surface area contributed by atoms with Gasteiger partial charge in [-0.1, -0.05) is 12.1 Å². The van der Waals surface area contributed by atoms with Crippen LogP contribution in [0.2, 0.25) is 0 Å². The first-order valence-corrected chi connectivity index (χ1v) is 6.32.